The second kappa shape index (κ2) is 3.18. The molecular weight excluding hydrogens is 114 g/mol. The molecule has 0 saturated carbocycles. The Bertz CT molecular complexity index is 77.0. The van der Waals surface area contributed by atoms with E-state index in [-0.39, 0.29) is 0 Å². The van der Waals surface area contributed by atoms with Crippen molar-refractivity contribution in [2.24, 2.45) is 5.92 Å². The minimum absolute atomic E-state index is 0.298. The zero-order valence-electron chi connectivity index (χ0n) is 5.93. The van der Waals surface area contributed by atoms with Crippen molar-refractivity contribution in [1.82, 2.24) is 5.32 Å². The van der Waals surface area contributed by atoms with Gasteiger partial charge in [-0.05, 0) is 25.3 Å². The highest BCUT2D eigenvalue weighted by Crippen LogP contribution is 2.12. The van der Waals surface area contributed by atoms with Gasteiger partial charge in [-0.3, -0.25) is 0 Å². The number of piperidine rings is 1. The summed E-state index contributed by atoms with van der Waals surface area (Å²) < 4.78 is 0. The molecule has 0 aliphatic carbocycles. The van der Waals surface area contributed by atoms with Crippen LogP contribution in [0.1, 0.15) is 19.8 Å². The minimum atomic E-state index is 0.298. The molecule has 2 nitrogen and oxygen atoms in total. The summed E-state index contributed by atoms with van der Waals surface area (Å²) in [6, 6.07) is 0.376. The largest absolute Gasteiger partial charge is 0.395 e. The van der Waals surface area contributed by atoms with E-state index in [1.807, 2.05) is 0 Å². The summed E-state index contributed by atoms with van der Waals surface area (Å²) in [7, 11) is 0. The van der Waals surface area contributed by atoms with Crippen molar-refractivity contribution >= 4 is 0 Å². The fourth-order valence-electron chi connectivity index (χ4n) is 1.21. The highest BCUT2D eigenvalue weighted by molar-refractivity contribution is 4.74. The third kappa shape index (κ3) is 1.95. The molecule has 2 N–H and O–H groups in total. The molecule has 0 unspecified atom stereocenters. The lowest BCUT2D eigenvalue weighted by molar-refractivity contribution is 0.203. The van der Waals surface area contributed by atoms with Gasteiger partial charge in [-0.15, -0.1) is 0 Å². The Kier molecular flexibility index (Phi) is 2.49. The second-order valence-electron chi connectivity index (χ2n) is 2.97. The van der Waals surface area contributed by atoms with Gasteiger partial charge in [-0.25, -0.2) is 0 Å². The molecule has 54 valence electrons. The first-order chi connectivity index (χ1) is 4.33. The Morgan fingerprint density at radius 1 is 1.56 bits per heavy atom. The molecule has 9 heavy (non-hydrogen) atoms. The topological polar surface area (TPSA) is 32.3 Å². The monoisotopic (exact) mass is 129 g/mol. The van der Waals surface area contributed by atoms with E-state index in [2.05, 4.69) is 12.2 Å². The quantitative estimate of drug-likeness (QED) is 0.536. The van der Waals surface area contributed by atoms with Crippen molar-refractivity contribution in [3.63, 3.8) is 0 Å². The summed E-state index contributed by atoms with van der Waals surface area (Å²) in [6.07, 6.45) is 2.40. The maximum atomic E-state index is 8.71. The number of nitrogens with one attached hydrogen (secondary N) is 1. The first-order valence-electron chi connectivity index (χ1n) is 3.67. The molecule has 0 aromatic rings. The lowest BCUT2D eigenvalue weighted by Gasteiger charge is -2.25. The zero-order chi connectivity index (χ0) is 6.69. The van der Waals surface area contributed by atoms with Crippen LogP contribution in [-0.2, 0) is 0 Å². The van der Waals surface area contributed by atoms with Gasteiger partial charge < -0.3 is 10.4 Å². The van der Waals surface area contributed by atoms with E-state index in [1.165, 1.54) is 6.42 Å². The molecule has 0 aromatic carbocycles. The van der Waals surface area contributed by atoms with Crippen molar-refractivity contribution in [3.8, 4) is 0 Å². The lowest BCUT2D eigenvalue weighted by Crippen LogP contribution is -2.40. The highest BCUT2D eigenvalue weighted by Gasteiger charge is 2.15. The number of aliphatic hydroxyl groups is 1. The van der Waals surface area contributed by atoms with Crippen LogP contribution in [0.15, 0.2) is 0 Å². The number of hydrogen-bond acceptors (Lipinski definition) is 2. The van der Waals surface area contributed by atoms with Crippen molar-refractivity contribution in [3.05, 3.63) is 0 Å². The average Bonchev–Trinajstić information content (AvgIpc) is 1.90. The van der Waals surface area contributed by atoms with Crippen molar-refractivity contribution in [1.29, 1.82) is 0 Å². The summed E-state index contributed by atoms with van der Waals surface area (Å²) in [5.41, 5.74) is 0. The van der Waals surface area contributed by atoms with Crippen LogP contribution in [0.4, 0.5) is 0 Å². The zero-order valence-corrected chi connectivity index (χ0v) is 5.93. The Hall–Kier alpha value is -0.0800. The normalized spacial score (nSPS) is 36.7. The van der Waals surface area contributed by atoms with Crippen LogP contribution in [0.25, 0.3) is 0 Å². The molecule has 2 atom stereocenters. The first-order valence-corrected chi connectivity index (χ1v) is 3.67. The Morgan fingerprint density at radius 2 is 2.33 bits per heavy atom. The second-order valence-corrected chi connectivity index (χ2v) is 2.97. The van der Waals surface area contributed by atoms with Crippen molar-refractivity contribution in [2.45, 2.75) is 25.8 Å². The van der Waals surface area contributed by atoms with E-state index < -0.39 is 0 Å². The van der Waals surface area contributed by atoms with Gasteiger partial charge in [0.05, 0.1) is 6.61 Å². The molecule has 0 radical (unpaired) electrons. The van der Waals surface area contributed by atoms with Gasteiger partial charge in [-0.1, -0.05) is 6.92 Å². The fourth-order valence-corrected chi connectivity index (χ4v) is 1.21. The van der Waals surface area contributed by atoms with Crippen LogP contribution in [0.3, 0.4) is 0 Å². The van der Waals surface area contributed by atoms with E-state index in [0.29, 0.717) is 12.6 Å². The van der Waals surface area contributed by atoms with E-state index in [0.717, 1.165) is 18.9 Å². The molecule has 0 spiro atoms. The van der Waals surface area contributed by atoms with Gasteiger partial charge in [-0.2, -0.15) is 0 Å². The molecule has 1 saturated heterocycles. The summed E-state index contributed by atoms with van der Waals surface area (Å²) in [5.74, 6) is 0.799. The smallest absolute Gasteiger partial charge is 0.0584 e. The minimum Gasteiger partial charge on any atom is -0.395 e. The summed E-state index contributed by atoms with van der Waals surface area (Å²) >= 11 is 0. The molecule has 1 fully saturated rings. The van der Waals surface area contributed by atoms with Gasteiger partial charge in [0.1, 0.15) is 0 Å². The van der Waals surface area contributed by atoms with Crippen molar-refractivity contribution < 1.29 is 5.11 Å². The molecule has 0 bridgehead atoms. The summed E-state index contributed by atoms with van der Waals surface area (Å²) in [4.78, 5) is 0. The molecule has 2 heteroatoms. The number of aliphatic hydroxyl groups excluding tert-OH is 1. The third-order valence-corrected chi connectivity index (χ3v) is 1.98. The van der Waals surface area contributed by atoms with Crippen LogP contribution >= 0.6 is 0 Å². The number of rotatable bonds is 1. The lowest BCUT2D eigenvalue weighted by atomic mass is 9.97. The van der Waals surface area contributed by atoms with Gasteiger partial charge >= 0.3 is 0 Å². The van der Waals surface area contributed by atoms with Gasteiger partial charge in [0.15, 0.2) is 0 Å². The first kappa shape index (κ1) is 7.03. The van der Waals surface area contributed by atoms with E-state index in [1.54, 1.807) is 0 Å². The van der Waals surface area contributed by atoms with E-state index >= 15 is 0 Å². The van der Waals surface area contributed by atoms with Crippen LogP contribution in [0.2, 0.25) is 0 Å². The standard InChI is InChI=1S/C7H15NO/c1-6-2-3-7(5-9)8-4-6/h6-9H,2-5H2,1H3/t6-,7+/m1/s1. The molecular formula is C7H15NO. The predicted octanol–water partition coefficient (Wildman–Crippen LogP) is 0.367. The third-order valence-electron chi connectivity index (χ3n) is 1.98. The number of hydrogen-bond donors (Lipinski definition) is 2. The Labute approximate surface area is 56.3 Å². The highest BCUT2D eigenvalue weighted by atomic mass is 16.3. The van der Waals surface area contributed by atoms with Crippen LogP contribution in [-0.4, -0.2) is 24.3 Å². The van der Waals surface area contributed by atoms with Crippen LogP contribution in [0, 0.1) is 5.92 Å². The maximum Gasteiger partial charge on any atom is 0.0584 e. The summed E-state index contributed by atoms with van der Waals surface area (Å²) in [6.45, 7) is 3.61. The fraction of sp³-hybridized carbons (Fsp3) is 1.00. The molecule has 0 amide bonds. The average molecular weight is 129 g/mol. The van der Waals surface area contributed by atoms with Crippen LogP contribution in [0.5, 0.6) is 0 Å². The molecule has 1 rings (SSSR count). The molecule has 0 aromatic heterocycles. The van der Waals surface area contributed by atoms with E-state index in [4.69, 9.17) is 5.11 Å². The SMILES string of the molecule is C[C@@H]1CC[C@@H](CO)NC1. The van der Waals surface area contributed by atoms with Gasteiger partial charge in [0.2, 0.25) is 0 Å². The van der Waals surface area contributed by atoms with Crippen LogP contribution < -0.4 is 5.32 Å². The Balaban J connectivity index is 2.18. The van der Waals surface area contributed by atoms with Gasteiger partial charge in [0, 0.05) is 6.04 Å². The van der Waals surface area contributed by atoms with E-state index in [9.17, 15) is 0 Å². The molecule has 1 heterocycles. The van der Waals surface area contributed by atoms with Gasteiger partial charge in [0.25, 0.3) is 0 Å². The molecule has 1 aliphatic rings. The summed E-state index contributed by atoms with van der Waals surface area (Å²) in [5, 5.41) is 12.0. The predicted molar refractivity (Wildman–Crippen MR) is 37.3 cm³/mol. The van der Waals surface area contributed by atoms with Crippen molar-refractivity contribution in [2.75, 3.05) is 13.2 Å². The maximum absolute atomic E-state index is 8.71. The molecule has 1 aliphatic heterocycles. The Morgan fingerprint density at radius 3 is 2.78 bits per heavy atom.